The lowest BCUT2D eigenvalue weighted by molar-refractivity contribution is 0.563. The van der Waals surface area contributed by atoms with Crippen LogP contribution in [0.3, 0.4) is 0 Å². The van der Waals surface area contributed by atoms with Crippen LogP contribution >= 0.6 is 0 Å². The van der Waals surface area contributed by atoms with Gasteiger partial charge in [-0.25, -0.2) is 0 Å². The normalized spacial score (nSPS) is 11.5. The number of hydrogen-bond donors (Lipinski definition) is 0. The van der Waals surface area contributed by atoms with Gasteiger partial charge in [0.15, 0.2) is 5.43 Å². The largest absolute Gasteiger partial charge is 0.340 e. The molecular weight excluding hydrogens is 390 g/mol. The van der Waals surface area contributed by atoms with Gasteiger partial charge in [0, 0.05) is 17.3 Å². The van der Waals surface area contributed by atoms with Crippen molar-refractivity contribution in [1.29, 1.82) is 0 Å². The third kappa shape index (κ3) is 5.12. The molecule has 0 bridgehead atoms. The fourth-order valence-electron chi connectivity index (χ4n) is 4.71. The summed E-state index contributed by atoms with van der Waals surface area (Å²) in [5, 5.41) is 1.69. The van der Waals surface area contributed by atoms with Crippen LogP contribution in [0.5, 0.6) is 0 Å². The minimum atomic E-state index is 0.159. The van der Waals surface area contributed by atoms with E-state index in [0.717, 1.165) is 45.9 Å². The second-order valence-corrected chi connectivity index (χ2v) is 9.38. The Hall–Kier alpha value is -2.87. The highest BCUT2D eigenvalue weighted by atomic mass is 16.1. The Morgan fingerprint density at radius 1 is 0.594 bits per heavy atom. The van der Waals surface area contributed by atoms with Crippen LogP contribution in [0.25, 0.3) is 21.8 Å². The first kappa shape index (κ1) is 22.3. The van der Waals surface area contributed by atoms with Gasteiger partial charge in [-0.2, -0.15) is 0 Å². The maximum atomic E-state index is 13.1. The smallest absolute Gasteiger partial charge is 0.197 e. The Labute approximate surface area is 191 Å². The number of aryl methyl sites for hydroxylation is 5. The van der Waals surface area contributed by atoms with Crippen molar-refractivity contribution in [2.24, 2.45) is 0 Å². The van der Waals surface area contributed by atoms with Crippen molar-refractivity contribution in [1.82, 2.24) is 4.57 Å². The molecule has 2 heteroatoms. The Morgan fingerprint density at radius 3 is 1.69 bits per heavy atom. The molecule has 0 aliphatic rings. The van der Waals surface area contributed by atoms with Crippen molar-refractivity contribution in [3.63, 3.8) is 0 Å². The molecule has 2 nitrogen and oxygen atoms in total. The van der Waals surface area contributed by atoms with E-state index in [1.807, 2.05) is 12.1 Å². The van der Waals surface area contributed by atoms with E-state index in [-0.39, 0.29) is 5.43 Å². The van der Waals surface area contributed by atoms with E-state index in [9.17, 15) is 4.79 Å². The molecule has 0 unspecified atom stereocenters. The van der Waals surface area contributed by atoms with E-state index in [1.54, 1.807) is 0 Å². The molecule has 0 fully saturated rings. The van der Waals surface area contributed by atoms with Crippen LogP contribution in [0.2, 0.25) is 0 Å². The van der Waals surface area contributed by atoms with Gasteiger partial charge in [0.2, 0.25) is 0 Å². The Bertz CT molecular complexity index is 1200. The van der Waals surface area contributed by atoms with Gasteiger partial charge in [0.1, 0.15) is 0 Å². The van der Waals surface area contributed by atoms with E-state index in [0.29, 0.717) is 0 Å². The summed E-state index contributed by atoms with van der Waals surface area (Å²) in [7, 11) is 0. The van der Waals surface area contributed by atoms with Gasteiger partial charge in [-0.1, -0.05) is 78.8 Å². The van der Waals surface area contributed by atoms with Crippen LogP contribution in [0, 0.1) is 20.8 Å². The molecule has 0 saturated heterocycles. The second kappa shape index (κ2) is 10.2. The minimum Gasteiger partial charge on any atom is -0.340 e. The van der Waals surface area contributed by atoms with Crippen LogP contribution in [0.1, 0.15) is 60.8 Å². The van der Waals surface area contributed by atoms with E-state index >= 15 is 0 Å². The number of hydrogen-bond acceptors (Lipinski definition) is 1. The molecule has 0 aliphatic carbocycles. The lowest BCUT2D eigenvalue weighted by Crippen LogP contribution is -2.12. The topological polar surface area (TPSA) is 22.0 Å². The molecule has 1 heterocycles. The zero-order valence-electron chi connectivity index (χ0n) is 19.8. The number of unbranched alkanes of at least 4 members (excludes halogenated alkanes) is 5. The highest BCUT2D eigenvalue weighted by Gasteiger charge is 2.11. The average Bonchev–Trinajstić information content (AvgIpc) is 2.79. The van der Waals surface area contributed by atoms with Crippen LogP contribution in [-0.4, -0.2) is 4.57 Å². The predicted octanol–water partition coefficient (Wildman–Crippen LogP) is 7.66. The number of aromatic nitrogens is 1. The van der Waals surface area contributed by atoms with E-state index in [2.05, 4.69) is 73.9 Å². The number of fused-ring (bicyclic) bond motifs is 2. The van der Waals surface area contributed by atoms with E-state index in [1.165, 1.54) is 49.7 Å². The number of pyridine rings is 1. The fraction of sp³-hybridized carbons (Fsp3) is 0.367. The first-order valence-corrected chi connectivity index (χ1v) is 12.1. The molecular formula is C30H35NO. The van der Waals surface area contributed by atoms with Crippen LogP contribution in [0.4, 0.5) is 0 Å². The summed E-state index contributed by atoms with van der Waals surface area (Å²) < 4.78 is 2.36. The summed E-state index contributed by atoms with van der Waals surface area (Å²) in [5.74, 6) is 0. The summed E-state index contributed by atoms with van der Waals surface area (Å²) in [6, 6.07) is 21.5. The van der Waals surface area contributed by atoms with Crippen LogP contribution in [-0.2, 0) is 13.0 Å². The quantitative estimate of drug-likeness (QED) is 0.199. The van der Waals surface area contributed by atoms with Gasteiger partial charge in [0.05, 0.1) is 11.0 Å². The molecule has 0 atom stereocenters. The second-order valence-electron chi connectivity index (χ2n) is 9.38. The predicted molar refractivity (Wildman–Crippen MR) is 138 cm³/mol. The molecule has 0 spiro atoms. The standard InChI is InChI=1S/C30H35NO/c1-22-11-15-25(16-12-22)10-8-6-4-5-7-9-19-31-28-17-13-23(2)20-26(28)30(32)27-21-24(3)14-18-29(27)31/h11-18,20-21H,4-10,19H2,1-3H3. The Balaban J connectivity index is 1.36. The Morgan fingerprint density at radius 2 is 1.09 bits per heavy atom. The van der Waals surface area contributed by atoms with Crippen molar-refractivity contribution in [2.45, 2.75) is 72.3 Å². The first-order chi connectivity index (χ1) is 15.5. The fourth-order valence-corrected chi connectivity index (χ4v) is 4.71. The summed E-state index contributed by atoms with van der Waals surface area (Å²) >= 11 is 0. The third-order valence-corrected chi connectivity index (χ3v) is 6.59. The van der Waals surface area contributed by atoms with Gasteiger partial charge in [-0.3, -0.25) is 4.79 Å². The van der Waals surface area contributed by atoms with Gasteiger partial charge in [-0.05, 0) is 69.9 Å². The van der Waals surface area contributed by atoms with Crippen LogP contribution < -0.4 is 5.43 Å². The lowest BCUT2D eigenvalue weighted by Gasteiger charge is -2.16. The molecule has 3 aromatic carbocycles. The summed E-state index contributed by atoms with van der Waals surface area (Å²) in [6.45, 7) is 7.22. The highest BCUT2D eigenvalue weighted by molar-refractivity contribution is 5.94. The van der Waals surface area contributed by atoms with Gasteiger partial charge in [-0.15, -0.1) is 0 Å². The average molecular weight is 426 g/mol. The van der Waals surface area contributed by atoms with Crippen molar-refractivity contribution in [3.8, 4) is 0 Å². The number of benzene rings is 3. The molecule has 0 amide bonds. The summed E-state index contributed by atoms with van der Waals surface area (Å²) in [4.78, 5) is 13.1. The number of nitrogens with zero attached hydrogens (tertiary/aromatic N) is 1. The minimum absolute atomic E-state index is 0.159. The molecule has 0 radical (unpaired) electrons. The lowest BCUT2D eigenvalue weighted by atomic mass is 10.0. The van der Waals surface area contributed by atoms with Crippen molar-refractivity contribution in [2.75, 3.05) is 0 Å². The van der Waals surface area contributed by atoms with Crippen molar-refractivity contribution < 1.29 is 0 Å². The highest BCUT2D eigenvalue weighted by Crippen LogP contribution is 2.22. The molecule has 32 heavy (non-hydrogen) atoms. The molecule has 166 valence electrons. The zero-order chi connectivity index (χ0) is 22.5. The van der Waals surface area contributed by atoms with Gasteiger partial charge in [0.25, 0.3) is 0 Å². The Kier molecular flexibility index (Phi) is 7.09. The van der Waals surface area contributed by atoms with Crippen molar-refractivity contribution >= 4 is 21.8 Å². The summed E-state index contributed by atoms with van der Waals surface area (Å²) in [5.41, 5.74) is 7.36. The maximum Gasteiger partial charge on any atom is 0.197 e. The molecule has 0 saturated carbocycles. The van der Waals surface area contributed by atoms with Gasteiger partial charge >= 0.3 is 0 Å². The van der Waals surface area contributed by atoms with Crippen molar-refractivity contribution in [3.05, 3.63) is 93.1 Å². The van der Waals surface area contributed by atoms with E-state index in [4.69, 9.17) is 0 Å². The van der Waals surface area contributed by atoms with Crippen LogP contribution in [0.15, 0.2) is 65.5 Å². The molecule has 0 aliphatic heterocycles. The SMILES string of the molecule is Cc1ccc(CCCCCCCCn2c3ccc(C)cc3c(=O)c3cc(C)ccc32)cc1. The molecule has 4 rings (SSSR count). The zero-order valence-corrected chi connectivity index (χ0v) is 19.8. The number of rotatable bonds is 9. The monoisotopic (exact) mass is 425 g/mol. The maximum absolute atomic E-state index is 13.1. The molecule has 1 aromatic heterocycles. The summed E-state index contributed by atoms with van der Waals surface area (Å²) in [6.07, 6.45) is 8.73. The molecule has 0 N–H and O–H groups in total. The first-order valence-electron chi connectivity index (χ1n) is 12.1. The van der Waals surface area contributed by atoms with E-state index < -0.39 is 0 Å². The third-order valence-electron chi connectivity index (χ3n) is 6.59. The molecule has 4 aromatic rings. The van der Waals surface area contributed by atoms with Gasteiger partial charge < -0.3 is 4.57 Å².